The fraction of sp³-hybridized carbons (Fsp3) is 1.00. The van der Waals surface area contributed by atoms with Gasteiger partial charge in [0.05, 0.1) is 6.10 Å². The van der Waals surface area contributed by atoms with E-state index in [1.165, 1.54) is 6.42 Å². The van der Waals surface area contributed by atoms with Crippen molar-refractivity contribution < 1.29 is 4.74 Å². The van der Waals surface area contributed by atoms with Crippen LogP contribution in [0.15, 0.2) is 0 Å². The maximum atomic E-state index is 5.56. The molecule has 0 spiro atoms. The molecule has 0 bridgehead atoms. The first-order valence-electron chi connectivity index (χ1n) is 4.18. The summed E-state index contributed by atoms with van der Waals surface area (Å²) in [4.78, 5) is 0. The van der Waals surface area contributed by atoms with Gasteiger partial charge in [0, 0.05) is 19.2 Å². The second-order valence-corrected chi connectivity index (χ2v) is 3.04. The summed E-state index contributed by atoms with van der Waals surface area (Å²) in [5, 5.41) is 3.35. The van der Waals surface area contributed by atoms with E-state index in [0.717, 1.165) is 19.6 Å². The van der Waals surface area contributed by atoms with Crippen LogP contribution in [-0.2, 0) is 4.74 Å². The minimum Gasteiger partial charge on any atom is -0.377 e. The highest BCUT2D eigenvalue weighted by atomic mass is 16.5. The minimum atomic E-state index is 0.481. The van der Waals surface area contributed by atoms with Gasteiger partial charge in [0.2, 0.25) is 0 Å². The summed E-state index contributed by atoms with van der Waals surface area (Å²) in [7, 11) is 0. The van der Waals surface area contributed by atoms with Gasteiger partial charge in [-0.1, -0.05) is 6.92 Å². The number of rotatable bonds is 3. The molecule has 1 N–H and O–H groups in total. The van der Waals surface area contributed by atoms with Gasteiger partial charge < -0.3 is 10.1 Å². The Morgan fingerprint density at radius 2 is 2.40 bits per heavy atom. The number of hydrogen-bond acceptors (Lipinski definition) is 2. The minimum absolute atomic E-state index is 0.481. The van der Waals surface area contributed by atoms with Crippen LogP contribution >= 0.6 is 0 Å². The first-order chi connectivity index (χ1) is 4.83. The van der Waals surface area contributed by atoms with E-state index in [0.29, 0.717) is 12.1 Å². The van der Waals surface area contributed by atoms with E-state index in [1.54, 1.807) is 0 Å². The van der Waals surface area contributed by atoms with Crippen LogP contribution in [0.1, 0.15) is 26.7 Å². The van der Waals surface area contributed by atoms with Gasteiger partial charge in [0.25, 0.3) is 0 Å². The number of ether oxygens (including phenoxy) is 1. The predicted octanol–water partition coefficient (Wildman–Crippen LogP) is 1.16. The lowest BCUT2D eigenvalue weighted by molar-refractivity contribution is 0.0662. The van der Waals surface area contributed by atoms with Gasteiger partial charge in [-0.3, -0.25) is 0 Å². The summed E-state index contributed by atoms with van der Waals surface area (Å²) >= 11 is 0. The fourth-order valence-electron chi connectivity index (χ4n) is 1.31. The highest BCUT2D eigenvalue weighted by molar-refractivity contribution is 4.78. The van der Waals surface area contributed by atoms with Crippen molar-refractivity contribution in [2.45, 2.75) is 38.8 Å². The monoisotopic (exact) mass is 143 g/mol. The lowest BCUT2D eigenvalue weighted by Crippen LogP contribution is -2.19. The van der Waals surface area contributed by atoms with E-state index < -0.39 is 0 Å². The van der Waals surface area contributed by atoms with Crippen LogP contribution in [-0.4, -0.2) is 25.3 Å². The zero-order valence-corrected chi connectivity index (χ0v) is 6.89. The second-order valence-electron chi connectivity index (χ2n) is 3.04. The normalized spacial score (nSPS) is 33.0. The smallest absolute Gasteiger partial charge is 0.0714 e. The lowest BCUT2D eigenvalue weighted by atomic mass is 10.2. The molecule has 0 aliphatic carbocycles. The van der Waals surface area contributed by atoms with Gasteiger partial charge in [-0.25, -0.2) is 0 Å². The first kappa shape index (κ1) is 8.02. The van der Waals surface area contributed by atoms with Crippen molar-refractivity contribution in [3.05, 3.63) is 0 Å². The molecule has 2 nitrogen and oxygen atoms in total. The van der Waals surface area contributed by atoms with Crippen molar-refractivity contribution in [1.82, 2.24) is 5.32 Å². The summed E-state index contributed by atoms with van der Waals surface area (Å²) in [6.07, 6.45) is 2.79. The number of hydrogen-bond donors (Lipinski definition) is 1. The zero-order valence-electron chi connectivity index (χ0n) is 6.89. The van der Waals surface area contributed by atoms with E-state index in [4.69, 9.17) is 4.74 Å². The van der Waals surface area contributed by atoms with Gasteiger partial charge >= 0.3 is 0 Å². The summed E-state index contributed by atoms with van der Waals surface area (Å²) in [6.45, 7) is 6.31. The average molecular weight is 143 g/mol. The van der Waals surface area contributed by atoms with E-state index in [2.05, 4.69) is 19.2 Å². The second kappa shape index (κ2) is 3.94. The Hall–Kier alpha value is -0.0800. The Kier molecular flexibility index (Phi) is 3.16. The molecular weight excluding hydrogens is 126 g/mol. The van der Waals surface area contributed by atoms with Crippen LogP contribution in [0.5, 0.6) is 0 Å². The van der Waals surface area contributed by atoms with E-state index in [-0.39, 0.29) is 0 Å². The topological polar surface area (TPSA) is 21.3 Å². The lowest BCUT2D eigenvalue weighted by Gasteiger charge is -2.08. The first-order valence-corrected chi connectivity index (χ1v) is 4.18. The van der Waals surface area contributed by atoms with Gasteiger partial charge in [-0.15, -0.1) is 0 Å². The molecule has 2 heteroatoms. The van der Waals surface area contributed by atoms with E-state index in [1.807, 2.05) is 0 Å². The van der Waals surface area contributed by atoms with Crippen LogP contribution in [0.3, 0.4) is 0 Å². The van der Waals surface area contributed by atoms with E-state index >= 15 is 0 Å². The van der Waals surface area contributed by atoms with Crippen LogP contribution < -0.4 is 5.32 Å². The Labute approximate surface area is 63.0 Å². The molecule has 0 saturated carbocycles. The quantitative estimate of drug-likeness (QED) is 0.640. The number of nitrogens with one attached hydrogen (secondary N) is 1. The molecule has 10 heavy (non-hydrogen) atoms. The predicted molar refractivity (Wildman–Crippen MR) is 42.1 cm³/mol. The Morgan fingerprint density at radius 1 is 1.60 bits per heavy atom. The third-order valence-corrected chi connectivity index (χ3v) is 1.87. The third kappa shape index (κ3) is 2.27. The van der Waals surface area contributed by atoms with Crippen LogP contribution in [0.2, 0.25) is 0 Å². The molecule has 1 aliphatic rings. The van der Waals surface area contributed by atoms with Gasteiger partial charge in [-0.2, -0.15) is 0 Å². The van der Waals surface area contributed by atoms with Crippen molar-refractivity contribution in [3.8, 4) is 0 Å². The Bertz CT molecular complexity index is 95.3. The van der Waals surface area contributed by atoms with Crippen molar-refractivity contribution in [1.29, 1.82) is 0 Å². The standard InChI is InChI=1S/C8H17NO/c1-3-4-10-8-5-7(2)9-6-8/h7-9H,3-6H2,1-2H3/t7-,8+/m1/s1. The zero-order chi connectivity index (χ0) is 7.40. The van der Waals surface area contributed by atoms with Crippen molar-refractivity contribution in [2.24, 2.45) is 0 Å². The molecule has 2 atom stereocenters. The molecule has 0 aromatic rings. The molecule has 0 aromatic carbocycles. The summed E-state index contributed by atoms with van der Waals surface area (Å²) in [5.41, 5.74) is 0. The molecule has 0 aromatic heterocycles. The van der Waals surface area contributed by atoms with E-state index in [9.17, 15) is 0 Å². The summed E-state index contributed by atoms with van der Waals surface area (Å²) in [6, 6.07) is 0.654. The maximum Gasteiger partial charge on any atom is 0.0714 e. The highest BCUT2D eigenvalue weighted by Gasteiger charge is 2.20. The molecule has 0 radical (unpaired) electrons. The van der Waals surface area contributed by atoms with Gasteiger partial charge in [0.1, 0.15) is 0 Å². The SMILES string of the molecule is CCCO[C@@H]1CN[C@H](C)C1. The molecule has 0 amide bonds. The molecule has 0 unspecified atom stereocenters. The largest absolute Gasteiger partial charge is 0.377 e. The third-order valence-electron chi connectivity index (χ3n) is 1.87. The molecule has 60 valence electrons. The Morgan fingerprint density at radius 3 is 2.90 bits per heavy atom. The molecule has 1 aliphatic heterocycles. The summed E-state index contributed by atoms with van der Waals surface area (Å²) in [5.74, 6) is 0. The molecule has 1 fully saturated rings. The molecular formula is C8H17NO. The molecule has 1 heterocycles. The molecule has 1 rings (SSSR count). The highest BCUT2D eigenvalue weighted by Crippen LogP contribution is 2.09. The Balaban J connectivity index is 2.06. The van der Waals surface area contributed by atoms with Crippen molar-refractivity contribution in [3.63, 3.8) is 0 Å². The van der Waals surface area contributed by atoms with Gasteiger partial charge in [-0.05, 0) is 19.8 Å². The average Bonchev–Trinajstić information content (AvgIpc) is 2.31. The van der Waals surface area contributed by atoms with Gasteiger partial charge in [0.15, 0.2) is 0 Å². The summed E-state index contributed by atoms with van der Waals surface area (Å²) < 4.78 is 5.56. The molecule has 1 saturated heterocycles. The fourth-order valence-corrected chi connectivity index (χ4v) is 1.31. The van der Waals surface area contributed by atoms with Crippen molar-refractivity contribution in [2.75, 3.05) is 13.2 Å². The van der Waals surface area contributed by atoms with Crippen LogP contribution in [0, 0.1) is 0 Å². The van der Waals surface area contributed by atoms with Crippen molar-refractivity contribution >= 4 is 0 Å². The van der Waals surface area contributed by atoms with Crippen LogP contribution in [0.25, 0.3) is 0 Å². The maximum absolute atomic E-state index is 5.56. The van der Waals surface area contributed by atoms with Crippen LogP contribution in [0.4, 0.5) is 0 Å².